The van der Waals surface area contributed by atoms with Crippen LogP contribution in [0.5, 0.6) is 0 Å². The van der Waals surface area contributed by atoms with Gasteiger partial charge in [0.1, 0.15) is 0 Å². The van der Waals surface area contributed by atoms with Crippen molar-refractivity contribution in [1.82, 2.24) is 4.98 Å². The van der Waals surface area contributed by atoms with Crippen molar-refractivity contribution in [3.8, 4) is 0 Å². The first-order valence-electron chi connectivity index (χ1n) is 9.01. The Morgan fingerprint density at radius 3 is 2.23 bits per heavy atom. The third kappa shape index (κ3) is 6.11. The zero-order chi connectivity index (χ0) is 21.2. The van der Waals surface area contributed by atoms with Crippen LogP contribution in [0, 0.1) is 0 Å². The lowest BCUT2D eigenvalue weighted by Gasteiger charge is -2.18. The molecule has 0 saturated carbocycles. The van der Waals surface area contributed by atoms with Crippen molar-refractivity contribution >= 4 is 54.4 Å². The molecule has 3 aromatic rings. The Bertz CT molecular complexity index is 1150. The van der Waals surface area contributed by atoms with E-state index < -0.39 is 15.4 Å². The van der Waals surface area contributed by atoms with Gasteiger partial charge in [0, 0.05) is 28.1 Å². The lowest BCUT2D eigenvalue weighted by molar-refractivity contribution is 0.0782. The molecule has 7 heteroatoms. The van der Waals surface area contributed by atoms with Crippen molar-refractivity contribution in [3.63, 3.8) is 0 Å². The Kier molecular flexibility index (Phi) is 7.80. The predicted octanol–water partition coefficient (Wildman–Crippen LogP) is 5.64. The van der Waals surface area contributed by atoms with Gasteiger partial charge in [0.25, 0.3) is 0 Å². The maximum absolute atomic E-state index is 11.8. The second kappa shape index (κ2) is 9.56. The van der Waals surface area contributed by atoms with Gasteiger partial charge in [0.05, 0.1) is 16.2 Å². The van der Waals surface area contributed by atoms with E-state index in [1.165, 1.54) is 6.26 Å². The number of sulfone groups is 1. The average Bonchev–Trinajstić information content (AvgIpc) is 2.65. The zero-order valence-electron chi connectivity index (χ0n) is 16.8. The summed E-state index contributed by atoms with van der Waals surface area (Å²) in [6.45, 7) is 3.43. The van der Waals surface area contributed by atoms with E-state index in [0.717, 1.165) is 32.4 Å². The normalized spacial score (nSPS) is 12.4. The Hall–Kier alpha value is -1.80. The van der Waals surface area contributed by atoms with Gasteiger partial charge in [-0.05, 0) is 61.4 Å². The maximum atomic E-state index is 11.8. The van der Waals surface area contributed by atoms with E-state index >= 15 is 0 Å². The number of nitrogens with zero attached hydrogens (tertiary/aromatic N) is 1. The second-order valence-corrected chi connectivity index (χ2v) is 10.3. The van der Waals surface area contributed by atoms with Crippen molar-refractivity contribution in [2.24, 2.45) is 0 Å². The van der Waals surface area contributed by atoms with Crippen LogP contribution in [0.4, 0.5) is 0 Å². The minimum absolute atomic E-state index is 0. The Balaban J connectivity index is 0.00000320. The number of benzene rings is 2. The molecule has 0 spiro atoms. The largest absolute Gasteiger partial charge is 0.386 e. The highest BCUT2D eigenvalue weighted by Crippen LogP contribution is 2.28. The van der Waals surface area contributed by atoms with Crippen molar-refractivity contribution in [3.05, 3.63) is 93.7 Å². The molecule has 158 valence electrons. The van der Waals surface area contributed by atoms with Crippen molar-refractivity contribution in [2.75, 3.05) is 6.26 Å². The molecule has 0 bridgehead atoms. The highest BCUT2D eigenvalue weighted by atomic mass is 79.9. The van der Waals surface area contributed by atoms with Crippen LogP contribution in [0.15, 0.2) is 76.2 Å². The SMILES string of the molecule is Br.CC(C)(O)c1ccc(/C(=C/c2cccc(Br)c2)c2ccc(S(C)(=O)=O)cc2)nc1. The van der Waals surface area contributed by atoms with E-state index in [1.807, 2.05) is 42.5 Å². The number of aromatic nitrogens is 1. The zero-order valence-corrected chi connectivity index (χ0v) is 20.9. The molecule has 0 radical (unpaired) electrons. The standard InChI is InChI=1S/C23H22BrNO3S.BrH/c1-23(2,26)18-9-12-22(25-15-18)21(14-16-5-4-6-19(24)13-16)17-7-10-20(11-8-17)29(3,27)28;/h4-15,26H,1-3H3;1H/b21-14+;. The van der Waals surface area contributed by atoms with Crippen molar-refractivity contribution in [1.29, 1.82) is 0 Å². The van der Waals surface area contributed by atoms with Gasteiger partial charge in [0.2, 0.25) is 0 Å². The fourth-order valence-corrected chi connectivity index (χ4v) is 3.91. The molecule has 0 saturated heterocycles. The molecule has 1 N–H and O–H groups in total. The highest BCUT2D eigenvalue weighted by molar-refractivity contribution is 9.10. The quantitative estimate of drug-likeness (QED) is 0.416. The van der Waals surface area contributed by atoms with Crippen LogP contribution in [0.2, 0.25) is 0 Å². The second-order valence-electron chi connectivity index (χ2n) is 7.40. The van der Waals surface area contributed by atoms with Crippen LogP contribution < -0.4 is 0 Å². The van der Waals surface area contributed by atoms with Gasteiger partial charge in [0.15, 0.2) is 9.84 Å². The summed E-state index contributed by atoms with van der Waals surface area (Å²) in [4.78, 5) is 4.83. The first-order chi connectivity index (χ1) is 13.5. The molecular formula is C23H23Br2NO3S. The first-order valence-corrected chi connectivity index (χ1v) is 11.7. The molecule has 0 aliphatic heterocycles. The summed E-state index contributed by atoms with van der Waals surface area (Å²) in [5.41, 5.74) is 3.15. The minimum atomic E-state index is -3.27. The molecule has 2 aromatic carbocycles. The molecule has 0 aliphatic rings. The van der Waals surface area contributed by atoms with E-state index in [1.54, 1.807) is 44.3 Å². The van der Waals surface area contributed by atoms with E-state index in [2.05, 4.69) is 20.9 Å². The van der Waals surface area contributed by atoms with Gasteiger partial charge >= 0.3 is 0 Å². The number of pyridine rings is 1. The molecule has 0 atom stereocenters. The van der Waals surface area contributed by atoms with E-state index in [0.29, 0.717) is 0 Å². The summed E-state index contributed by atoms with van der Waals surface area (Å²) in [5, 5.41) is 10.2. The lowest BCUT2D eigenvalue weighted by Crippen LogP contribution is -2.15. The fourth-order valence-electron chi connectivity index (χ4n) is 2.86. The predicted molar refractivity (Wildman–Crippen MR) is 130 cm³/mol. The molecule has 1 heterocycles. The lowest BCUT2D eigenvalue weighted by atomic mass is 9.96. The molecule has 0 unspecified atom stereocenters. The van der Waals surface area contributed by atoms with Gasteiger partial charge in [-0.3, -0.25) is 4.98 Å². The minimum Gasteiger partial charge on any atom is -0.386 e. The topological polar surface area (TPSA) is 67.3 Å². The van der Waals surface area contributed by atoms with E-state index in [-0.39, 0.29) is 21.9 Å². The van der Waals surface area contributed by atoms with E-state index in [4.69, 9.17) is 0 Å². The summed E-state index contributed by atoms with van der Waals surface area (Å²) >= 11 is 3.49. The molecule has 1 aromatic heterocycles. The van der Waals surface area contributed by atoms with Crippen LogP contribution in [-0.4, -0.2) is 24.8 Å². The van der Waals surface area contributed by atoms with Crippen LogP contribution >= 0.6 is 32.9 Å². The fraction of sp³-hybridized carbons (Fsp3) is 0.174. The number of rotatable bonds is 5. The average molecular weight is 553 g/mol. The summed E-state index contributed by atoms with van der Waals surface area (Å²) in [6, 6.07) is 18.4. The van der Waals surface area contributed by atoms with Gasteiger partial charge in [-0.15, -0.1) is 17.0 Å². The summed E-state index contributed by atoms with van der Waals surface area (Å²) in [7, 11) is -3.27. The maximum Gasteiger partial charge on any atom is 0.175 e. The van der Waals surface area contributed by atoms with Crippen LogP contribution in [-0.2, 0) is 15.4 Å². The summed E-state index contributed by atoms with van der Waals surface area (Å²) in [6.07, 6.45) is 4.86. The smallest absolute Gasteiger partial charge is 0.175 e. The van der Waals surface area contributed by atoms with Crippen molar-refractivity contribution < 1.29 is 13.5 Å². The molecule has 4 nitrogen and oxygen atoms in total. The van der Waals surface area contributed by atoms with Gasteiger partial charge in [-0.1, -0.05) is 46.3 Å². The molecule has 0 amide bonds. The van der Waals surface area contributed by atoms with Crippen molar-refractivity contribution in [2.45, 2.75) is 24.3 Å². The number of hydrogen-bond acceptors (Lipinski definition) is 4. The summed E-state index contributed by atoms with van der Waals surface area (Å²) < 4.78 is 24.5. The molecule has 30 heavy (non-hydrogen) atoms. The van der Waals surface area contributed by atoms with Crippen LogP contribution in [0.1, 0.15) is 36.2 Å². The van der Waals surface area contributed by atoms with Crippen LogP contribution in [0.25, 0.3) is 11.6 Å². The number of halogens is 2. The highest BCUT2D eigenvalue weighted by Gasteiger charge is 2.17. The van der Waals surface area contributed by atoms with Gasteiger partial charge < -0.3 is 5.11 Å². The number of hydrogen-bond donors (Lipinski definition) is 1. The molecule has 0 fully saturated rings. The summed E-state index contributed by atoms with van der Waals surface area (Å²) in [5.74, 6) is 0. The third-order valence-corrected chi connectivity index (χ3v) is 6.12. The van der Waals surface area contributed by atoms with Gasteiger partial charge in [-0.25, -0.2) is 8.42 Å². The van der Waals surface area contributed by atoms with E-state index in [9.17, 15) is 13.5 Å². The van der Waals surface area contributed by atoms with Gasteiger partial charge in [-0.2, -0.15) is 0 Å². The first kappa shape index (κ1) is 24.5. The third-order valence-electron chi connectivity index (χ3n) is 4.50. The molecule has 3 rings (SSSR count). The number of aliphatic hydroxyl groups is 1. The Morgan fingerprint density at radius 1 is 1.07 bits per heavy atom. The monoisotopic (exact) mass is 551 g/mol. The molecule has 0 aliphatic carbocycles. The Labute approximate surface area is 196 Å². The molecular weight excluding hydrogens is 530 g/mol. The van der Waals surface area contributed by atoms with Crippen LogP contribution in [0.3, 0.4) is 0 Å². The Morgan fingerprint density at radius 2 is 1.73 bits per heavy atom.